The van der Waals surface area contributed by atoms with E-state index in [0.29, 0.717) is 18.2 Å². The Morgan fingerprint density at radius 1 is 1.24 bits per heavy atom. The summed E-state index contributed by atoms with van der Waals surface area (Å²) in [7, 11) is 0. The molecule has 1 unspecified atom stereocenters. The Bertz CT molecular complexity index is 997. The molecule has 3 aromatic rings. The van der Waals surface area contributed by atoms with Crippen molar-refractivity contribution in [2.45, 2.75) is 26.8 Å². The first-order valence-corrected chi connectivity index (χ1v) is 10.9. The average Bonchev–Trinajstić information content (AvgIpc) is 3.28. The van der Waals surface area contributed by atoms with E-state index in [4.69, 9.17) is 9.72 Å². The van der Waals surface area contributed by atoms with Gasteiger partial charge < -0.3 is 9.64 Å². The lowest BCUT2D eigenvalue weighted by Gasteiger charge is -2.38. The number of fused-ring (bicyclic) bond motifs is 1. The summed E-state index contributed by atoms with van der Waals surface area (Å²) in [5.41, 5.74) is 2.43. The Balaban J connectivity index is 1.63. The van der Waals surface area contributed by atoms with Gasteiger partial charge in [0.1, 0.15) is 16.4 Å². The quantitative estimate of drug-likeness (QED) is 0.591. The van der Waals surface area contributed by atoms with Gasteiger partial charge in [-0.2, -0.15) is 0 Å². The van der Waals surface area contributed by atoms with Crippen molar-refractivity contribution in [2.75, 3.05) is 37.7 Å². The Labute approximate surface area is 175 Å². The van der Waals surface area contributed by atoms with Crippen LogP contribution >= 0.6 is 11.3 Å². The highest BCUT2D eigenvalue weighted by molar-refractivity contribution is 7.09. The number of esters is 1. The molecule has 1 aromatic carbocycles. The molecule has 152 valence electrons. The highest BCUT2D eigenvalue weighted by atomic mass is 32.1. The number of ether oxygens (including phenoxy) is 1. The lowest BCUT2D eigenvalue weighted by molar-refractivity contribution is 0.0526. The van der Waals surface area contributed by atoms with E-state index >= 15 is 0 Å². The summed E-state index contributed by atoms with van der Waals surface area (Å²) in [5, 5.41) is 4.16. The summed E-state index contributed by atoms with van der Waals surface area (Å²) in [6.45, 7) is 9.80. The van der Waals surface area contributed by atoms with Crippen LogP contribution < -0.4 is 4.90 Å². The number of pyridine rings is 1. The van der Waals surface area contributed by atoms with E-state index in [1.54, 1.807) is 11.3 Å². The molecule has 1 aliphatic rings. The van der Waals surface area contributed by atoms with Gasteiger partial charge in [-0.1, -0.05) is 18.2 Å². The molecule has 3 heterocycles. The minimum atomic E-state index is -0.295. The topological polar surface area (TPSA) is 58.6 Å². The number of nitrogens with zero attached hydrogens (tertiary/aromatic N) is 4. The summed E-state index contributed by atoms with van der Waals surface area (Å²) in [5.74, 6) is 0.443. The number of benzene rings is 1. The van der Waals surface area contributed by atoms with E-state index in [1.807, 2.05) is 49.7 Å². The largest absolute Gasteiger partial charge is 0.462 e. The van der Waals surface area contributed by atoms with E-state index in [-0.39, 0.29) is 5.97 Å². The van der Waals surface area contributed by atoms with Gasteiger partial charge in [0.15, 0.2) is 0 Å². The monoisotopic (exact) mass is 410 g/mol. The number of piperazine rings is 1. The molecule has 0 spiro atoms. The van der Waals surface area contributed by atoms with Crippen molar-refractivity contribution >= 4 is 34.0 Å². The first-order chi connectivity index (χ1) is 14.1. The first kappa shape index (κ1) is 19.8. The fourth-order valence-corrected chi connectivity index (χ4v) is 4.68. The van der Waals surface area contributed by atoms with Crippen LogP contribution in [0.3, 0.4) is 0 Å². The van der Waals surface area contributed by atoms with Gasteiger partial charge in [0.05, 0.1) is 18.2 Å². The van der Waals surface area contributed by atoms with Crippen LogP contribution in [0.4, 0.5) is 5.82 Å². The van der Waals surface area contributed by atoms with Crippen molar-refractivity contribution in [1.82, 2.24) is 14.9 Å². The van der Waals surface area contributed by atoms with Crippen molar-refractivity contribution in [3.63, 3.8) is 0 Å². The van der Waals surface area contributed by atoms with Crippen molar-refractivity contribution < 1.29 is 9.53 Å². The molecule has 1 atom stereocenters. The molecule has 0 radical (unpaired) electrons. The van der Waals surface area contributed by atoms with Gasteiger partial charge in [-0.3, -0.25) is 4.90 Å². The van der Waals surface area contributed by atoms with E-state index in [0.717, 1.165) is 53.5 Å². The standard InChI is InChI=1S/C22H26N4O2S/c1-4-28-22(27)19-15(2)17-7-5-6-8-18(17)24-20(19)26-12-10-25(11-13-26)16(3)21-23-9-14-29-21/h5-9,14,16H,4,10-13H2,1-3H3. The SMILES string of the molecule is CCOC(=O)c1c(N2CCN(C(C)c3nccs3)CC2)nc2ccccc2c1C. The second-order valence-corrected chi connectivity index (χ2v) is 8.17. The van der Waals surface area contributed by atoms with Gasteiger partial charge in [0.25, 0.3) is 0 Å². The lowest BCUT2D eigenvalue weighted by Crippen LogP contribution is -2.48. The molecule has 4 rings (SSSR count). The van der Waals surface area contributed by atoms with Crippen molar-refractivity contribution in [1.29, 1.82) is 0 Å². The number of aromatic nitrogens is 2. The smallest absolute Gasteiger partial charge is 0.342 e. The fraction of sp³-hybridized carbons (Fsp3) is 0.409. The lowest BCUT2D eigenvalue weighted by atomic mass is 10.0. The van der Waals surface area contributed by atoms with Crippen molar-refractivity contribution in [3.8, 4) is 0 Å². The zero-order valence-corrected chi connectivity index (χ0v) is 17.9. The van der Waals surface area contributed by atoms with Gasteiger partial charge >= 0.3 is 5.97 Å². The number of hydrogen-bond donors (Lipinski definition) is 0. The van der Waals surface area contributed by atoms with Crippen LogP contribution in [0.5, 0.6) is 0 Å². The number of aryl methyl sites for hydroxylation is 1. The minimum Gasteiger partial charge on any atom is -0.462 e. The van der Waals surface area contributed by atoms with Crippen LogP contribution in [-0.2, 0) is 4.74 Å². The van der Waals surface area contributed by atoms with E-state index in [9.17, 15) is 4.79 Å². The first-order valence-electron chi connectivity index (χ1n) is 10.0. The Kier molecular flexibility index (Phi) is 5.78. The highest BCUT2D eigenvalue weighted by Crippen LogP contribution is 2.31. The minimum absolute atomic E-state index is 0.295. The number of rotatable bonds is 5. The molecular formula is C22H26N4O2S. The number of para-hydroxylation sites is 1. The molecule has 2 aromatic heterocycles. The molecule has 0 saturated carbocycles. The maximum Gasteiger partial charge on any atom is 0.342 e. The summed E-state index contributed by atoms with van der Waals surface area (Å²) in [6, 6.07) is 8.27. The van der Waals surface area contributed by atoms with Gasteiger partial charge in [0, 0.05) is 43.1 Å². The number of carbonyl (C=O) groups is 1. The van der Waals surface area contributed by atoms with E-state index in [1.165, 1.54) is 0 Å². The molecular weight excluding hydrogens is 384 g/mol. The third-order valence-electron chi connectivity index (χ3n) is 5.58. The Morgan fingerprint density at radius 2 is 2.00 bits per heavy atom. The number of hydrogen-bond acceptors (Lipinski definition) is 7. The predicted molar refractivity (Wildman–Crippen MR) is 117 cm³/mol. The van der Waals surface area contributed by atoms with E-state index < -0.39 is 0 Å². The molecule has 1 saturated heterocycles. The van der Waals surface area contributed by atoms with Crippen LogP contribution in [0.1, 0.15) is 40.8 Å². The van der Waals surface area contributed by atoms with Crippen LogP contribution in [0, 0.1) is 6.92 Å². The molecule has 1 fully saturated rings. The molecule has 0 amide bonds. The second kappa shape index (κ2) is 8.47. The van der Waals surface area contributed by atoms with Crippen molar-refractivity contribution in [3.05, 3.63) is 52.0 Å². The number of thiazole rings is 1. The van der Waals surface area contributed by atoms with E-state index in [2.05, 4.69) is 21.7 Å². The average molecular weight is 411 g/mol. The zero-order valence-electron chi connectivity index (χ0n) is 17.1. The molecule has 0 bridgehead atoms. The second-order valence-electron chi connectivity index (χ2n) is 7.24. The van der Waals surface area contributed by atoms with Crippen molar-refractivity contribution in [2.24, 2.45) is 0 Å². The summed E-state index contributed by atoms with van der Waals surface area (Å²) < 4.78 is 5.37. The molecule has 6 nitrogen and oxygen atoms in total. The molecule has 1 aliphatic heterocycles. The molecule has 0 N–H and O–H groups in total. The third kappa shape index (κ3) is 3.84. The zero-order chi connectivity index (χ0) is 20.4. The van der Waals surface area contributed by atoms with Gasteiger partial charge in [-0.25, -0.2) is 14.8 Å². The van der Waals surface area contributed by atoms with Crippen LogP contribution in [0.25, 0.3) is 10.9 Å². The summed E-state index contributed by atoms with van der Waals surface area (Å²) in [4.78, 5) is 26.8. The van der Waals surface area contributed by atoms with Gasteiger partial charge in [-0.15, -0.1) is 11.3 Å². The maximum absolute atomic E-state index is 12.8. The third-order valence-corrected chi connectivity index (χ3v) is 6.53. The Morgan fingerprint density at radius 3 is 2.69 bits per heavy atom. The normalized spacial score (nSPS) is 16.2. The number of anilines is 1. The molecule has 29 heavy (non-hydrogen) atoms. The fourth-order valence-electron chi connectivity index (χ4n) is 3.96. The maximum atomic E-state index is 12.8. The number of carbonyl (C=O) groups excluding carboxylic acids is 1. The Hall–Kier alpha value is -2.51. The highest BCUT2D eigenvalue weighted by Gasteiger charge is 2.28. The predicted octanol–water partition coefficient (Wildman–Crippen LogP) is 4.06. The summed E-state index contributed by atoms with van der Waals surface area (Å²) >= 11 is 1.70. The molecule has 7 heteroatoms. The van der Waals surface area contributed by atoms with Gasteiger partial charge in [-0.05, 0) is 32.4 Å². The van der Waals surface area contributed by atoms with Crippen LogP contribution in [0.2, 0.25) is 0 Å². The van der Waals surface area contributed by atoms with Crippen LogP contribution in [-0.4, -0.2) is 53.6 Å². The molecule has 0 aliphatic carbocycles. The summed E-state index contributed by atoms with van der Waals surface area (Å²) in [6.07, 6.45) is 1.86. The van der Waals surface area contributed by atoms with Gasteiger partial charge in [0.2, 0.25) is 0 Å². The van der Waals surface area contributed by atoms with Crippen LogP contribution in [0.15, 0.2) is 35.8 Å².